The topological polar surface area (TPSA) is 8.17 Å². The predicted octanol–water partition coefficient (Wildman–Crippen LogP) is 14.3. The third-order valence-corrected chi connectivity index (χ3v) is 12.8. The van der Waals surface area contributed by atoms with E-state index in [-0.39, 0.29) is 10.8 Å². The molecule has 8 aromatic carbocycles. The number of hydrogen-bond donors (Lipinski definition) is 0. The Morgan fingerprint density at radius 1 is 0.379 bits per heavy atom. The van der Waals surface area contributed by atoms with E-state index in [4.69, 9.17) is 0 Å². The molecule has 0 fully saturated rings. The minimum absolute atomic E-state index is 0.0941. The molecule has 0 spiro atoms. The van der Waals surface area contributed by atoms with Gasteiger partial charge in [0.2, 0.25) is 0 Å². The van der Waals surface area contributed by atoms with Gasteiger partial charge in [-0.3, -0.25) is 0 Å². The van der Waals surface area contributed by atoms with Crippen LogP contribution in [0.5, 0.6) is 0 Å². The van der Waals surface area contributed by atoms with Crippen LogP contribution in [0.25, 0.3) is 49.7 Å². The zero-order valence-electron chi connectivity index (χ0n) is 33.2. The molecule has 58 heavy (non-hydrogen) atoms. The number of rotatable bonds is 4. The van der Waals surface area contributed by atoms with Gasteiger partial charge in [-0.15, -0.1) is 0 Å². The molecule has 2 nitrogen and oxygen atoms in total. The number of benzene rings is 8. The van der Waals surface area contributed by atoms with Gasteiger partial charge >= 0.3 is 0 Å². The molecule has 0 saturated heterocycles. The Kier molecular flexibility index (Phi) is 7.50. The average molecular weight is 743 g/mol. The Balaban J connectivity index is 1.00. The molecular formula is C56H42N2. The maximum Gasteiger partial charge on any atom is 0.0544 e. The highest BCUT2D eigenvalue weighted by atomic mass is 15.1. The van der Waals surface area contributed by atoms with Crippen LogP contribution in [0.15, 0.2) is 182 Å². The van der Waals surface area contributed by atoms with Gasteiger partial charge in [-0.2, -0.15) is 0 Å². The molecule has 0 bridgehead atoms. The molecular weight excluding hydrogens is 701 g/mol. The van der Waals surface area contributed by atoms with E-state index >= 15 is 0 Å². The summed E-state index contributed by atoms with van der Waals surface area (Å²) >= 11 is 0. The summed E-state index contributed by atoms with van der Waals surface area (Å²) in [7, 11) is 0. The minimum atomic E-state index is -0.0941. The molecule has 276 valence electrons. The van der Waals surface area contributed by atoms with Gasteiger partial charge in [-0.25, -0.2) is 0 Å². The smallest absolute Gasteiger partial charge is 0.0544 e. The average Bonchev–Trinajstić information content (AvgIpc) is 3.79. The van der Waals surface area contributed by atoms with Crippen LogP contribution >= 0.6 is 0 Å². The first-order valence-corrected chi connectivity index (χ1v) is 20.3. The van der Waals surface area contributed by atoms with Crippen LogP contribution in [-0.4, -0.2) is 4.57 Å². The first-order chi connectivity index (χ1) is 28.3. The van der Waals surface area contributed by atoms with Gasteiger partial charge in [0, 0.05) is 55.5 Å². The molecule has 2 heteroatoms. The minimum Gasteiger partial charge on any atom is -0.311 e. The van der Waals surface area contributed by atoms with Gasteiger partial charge in [0.1, 0.15) is 0 Å². The number of nitrogens with zero attached hydrogens (tertiary/aromatic N) is 2. The maximum absolute atomic E-state index is 3.46. The SMILES string of the molecule is CC1(C)c2ccccc2-c2cc3c4cc5c(cc4n(-c4ccc(C#Cc6ccc(N(c7ccccc7)c7ccccc7)cc6)cc4)c3cc21)C(C)(C)c1ccccc1-5. The molecule has 0 atom stereocenters. The van der Waals surface area contributed by atoms with Crippen molar-refractivity contribution < 1.29 is 0 Å². The Morgan fingerprint density at radius 3 is 1.24 bits per heavy atom. The van der Waals surface area contributed by atoms with E-state index in [2.05, 4.69) is 231 Å². The Hall–Kier alpha value is -7.08. The lowest BCUT2D eigenvalue weighted by atomic mass is 9.82. The van der Waals surface area contributed by atoms with E-state index in [1.165, 1.54) is 66.3 Å². The van der Waals surface area contributed by atoms with Crippen molar-refractivity contribution in [1.29, 1.82) is 0 Å². The highest BCUT2D eigenvalue weighted by Gasteiger charge is 2.38. The van der Waals surface area contributed by atoms with Crippen LogP contribution in [0.3, 0.4) is 0 Å². The lowest BCUT2D eigenvalue weighted by molar-refractivity contribution is 0.660. The summed E-state index contributed by atoms with van der Waals surface area (Å²) in [5, 5.41) is 2.58. The van der Waals surface area contributed by atoms with Gasteiger partial charge in [0.05, 0.1) is 11.0 Å². The second kappa shape index (κ2) is 12.7. The number of anilines is 3. The summed E-state index contributed by atoms with van der Waals surface area (Å²) in [4.78, 5) is 2.27. The van der Waals surface area contributed by atoms with Crippen LogP contribution in [0, 0.1) is 11.8 Å². The van der Waals surface area contributed by atoms with Crippen molar-refractivity contribution in [3.05, 3.63) is 215 Å². The van der Waals surface area contributed by atoms with E-state index in [9.17, 15) is 0 Å². The molecule has 1 aromatic heterocycles. The largest absolute Gasteiger partial charge is 0.311 e. The first kappa shape index (κ1) is 34.2. The molecule has 0 saturated carbocycles. The van der Waals surface area contributed by atoms with Gasteiger partial charge in [-0.1, -0.05) is 124 Å². The fourth-order valence-corrected chi connectivity index (χ4v) is 9.82. The van der Waals surface area contributed by atoms with Crippen molar-refractivity contribution in [2.75, 3.05) is 4.90 Å². The van der Waals surface area contributed by atoms with E-state index in [1.54, 1.807) is 0 Å². The number of fused-ring (bicyclic) bond motifs is 9. The monoisotopic (exact) mass is 742 g/mol. The third-order valence-electron chi connectivity index (χ3n) is 12.8. The van der Waals surface area contributed by atoms with E-state index in [0.717, 1.165) is 33.9 Å². The summed E-state index contributed by atoms with van der Waals surface area (Å²) in [6, 6.07) is 66.1. The molecule has 2 aliphatic rings. The van der Waals surface area contributed by atoms with Crippen molar-refractivity contribution in [3.63, 3.8) is 0 Å². The quantitative estimate of drug-likeness (QED) is 0.163. The lowest BCUT2D eigenvalue weighted by Crippen LogP contribution is -2.15. The van der Waals surface area contributed by atoms with Gasteiger partial charge in [0.25, 0.3) is 0 Å². The Labute approximate surface area is 340 Å². The molecule has 0 radical (unpaired) electrons. The molecule has 0 aliphatic heterocycles. The van der Waals surface area contributed by atoms with Crippen LogP contribution in [-0.2, 0) is 10.8 Å². The second-order valence-corrected chi connectivity index (χ2v) is 16.9. The van der Waals surface area contributed by atoms with Crippen molar-refractivity contribution in [2.24, 2.45) is 0 Å². The summed E-state index contributed by atoms with van der Waals surface area (Å²) in [5.74, 6) is 6.89. The fraction of sp³-hybridized carbons (Fsp3) is 0.107. The van der Waals surface area contributed by atoms with E-state index < -0.39 is 0 Å². The van der Waals surface area contributed by atoms with Crippen LogP contribution in [0.2, 0.25) is 0 Å². The molecule has 1 heterocycles. The standard InChI is InChI=1S/C56H42N2/c1-55(2)49-21-13-11-19-43(49)45-33-47-48-34-46-44-20-12-14-22-50(44)56(3,4)52(46)36-54(48)58(53(47)35-51(45)55)42-31-27-38(28-32-42)24-23-37-25-29-41(30-26-37)57(39-15-7-5-8-16-39)40-17-9-6-10-18-40/h5-22,25-36H,1-4H3. The maximum atomic E-state index is 3.46. The summed E-state index contributed by atoms with van der Waals surface area (Å²) in [6.07, 6.45) is 0. The van der Waals surface area contributed by atoms with Gasteiger partial charge in [-0.05, 0) is 142 Å². The zero-order valence-corrected chi connectivity index (χ0v) is 33.2. The molecule has 0 N–H and O–H groups in total. The number of aromatic nitrogens is 1. The van der Waals surface area contributed by atoms with Crippen LogP contribution in [0.4, 0.5) is 17.1 Å². The molecule has 0 unspecified atom stereocenters. The Bertz CT molecular complexity index is 2970. The normalized spacial score (nSPS) is 14.0. The highest BCUT2D eigenvalue weighted by Crippen LogP contribution is 2.54. The zero-order chi connectivity index (χ0) is 39.2. The third kappa shape index (κ3) is 5.13. The summed E-state index contributed by atoms with van der Waals surface area (Å²) in [6.45, 7) is 9.48. The van der Waals surface area contributed by atoms with Gasteiger partial charge < -0.3 is 9.47 Å². The lowest BCUT2D eigenvalue weighted by Gasteiger charge is -2.25. The fourth-order valence-electron chi connectivity index (χ4n) is 9.82. The van der Waals surface area contributed by atoms with Crippen LogP contribution in [0.1, 0.15) is 61.1 Å². The van der Waals surface area contributed by atoms with E-state index in [0.29, 0.717) is 0 Å². The molecule has 11 rings (SSSR count). The van der Waals surface area contributed by atoms with E-state index in [1.807, 2.05) is 0 Å². The van der Waals surface area contributed by atoms with Crippen molar-refractivity contribution in [3.8, 4) is 39.8 Å². The summed E-state index contributed by atoms with van der Waals surface area (Å²) in [5.41, 5.74) is 19.7. The van der Waals surface area contributed by atoms with Crippen molar-refractivity contribution >= 4 is 38.9 Å². The van der Waals surface area contributed by atoms with Crippen molar-refractivity contribution in [2.45, 2.75) is 38.5 Å². The van der Waals surface area contributed by atoms with Crippen molar-refractivity contribution in [1.82, 2.24) is 4.57 Å². The highest BCUT2D eigenvalue weighted by molar-refractivity contribution is 6.13. The summed E-state index contributed by atoms with van der Waals surface area (Å²) < 4.78 is 2.49. The molecule has 9 aromatic rings. The molecule has 2 aliphatic carbocycles. The van der Waals surface area contributed by atoms with Gasteiger partial charge in [0.15, 0.2) is 0 Å². The first-order valence-electron chi connectivity index (χ1n) is 20.3. The predicted molar refractivity (Wildman–Crippen MR) is 243 cm³/mol. The van der Waals surface area contributed by atoms with Crippen LogP contribution < -0.4 is 4.90 Å². The Morgan fingerprint density at radius 2 is 0.776 bits per heavy atom. The number of hydrogen-bond acceptors (Lipinski definition) is 1. The second-order valence-electron chi connectivity index (χ2n) is 16.9. The number of para-hydroxylation sites is 2. The molecule has 0 amide bonds.